The summed E-state index contributed by atoms with van der Waals surface area (Å²) >= 11 is 0. The Morgan fingerprint density at radius 2 is 2.06 bits per heavy atom. The van der Waals surface area contributed by atoms with Crippen molar-refractivity contribution in [1.82, 2.24) is 24.1 Å². The molecule has 180 valence electrons. The number of nitrogens with zero attached hydrogens (tertiary/aromatic N) is 4. The predicted octanol–water partition coefficient (Wildman–Crippen LogP) is 3.04. The number of ether oxygens (including phenoxy) is 1. The van der Waals surface area contributed by atoms with Gasteiger partial charge >= 0.3 is 6.03 Å². The first-order chi connectivity index (χ1) is 16.9. The summed E-state index contributed by atoms with van der Waals surface area (Å²) < 4.78 is 36.7. The molecule has 2 N–H and O–H groups in total. The topological polar surface area (TPSA) is 120 Å². The number of amides is 2. The van der Waals surface area contributed by atoms with Gasteiger partial charge in [0.25, 0.3) is 10.0 Å². The van der Waals surface area contributed by atoms with Gasteiger partial charge in [-0.15, -0.1) is 0 Å². The third-order valence-electron chi connectivity index (χ3n) is 6.56. The Bertz CT molecular complexity index is 1560. The van der Waals surface area contributed by atoms with Gasteiger partial charge in [0, 0.05) is 24.0 Å². The van der Waals surface area contributed by atoms with E-state index in [0.29, 0.717) is 24.5 Å². The molecule has 0 unspecified atom stereocenters. The second kappa shape index (κ2) is 8.21. The monoisotopic (exact) mass is 492 g/mol. The van der Waals surface area contributed by atoms with E-state index in [2.05, 4.69) is 26.3 Å². The molecule has 6 rings (SSSR count). The lowest BCUT2D eigenvalue weighted by Gasteiger charge is -2.19. The highest BCUT2D eigenvalue weighted by molar-refractivity contribution is 7.90. The Kier molecular flexibility index (Phi) is 5.11. The Hall–Kier alpha value is -3.70. The van der Waals surface area contributed by atoms with Crippen molar-refractivity contribution >= 4 is 27.3 Å². The minimum absolute atomic E-state index is 0.200. The Balaban J connectivity index is 1.35. The zero-order valence-corrected chi connectivity index (χ0v) is 19.9. The van der Waals surface area contributed by atoms with Gasteiger partial charge in [0.15, 0.2) is 5.03 Å². The van der Waals surface area contributed by atoms with E-state index in [1.807, 2.05) is 31.3 Å². The number of carbonyl (C=O) groups excluding carboxylic acids is 1. The van der Waals surface area contributed by atoms with Gasteiger partial charge in [0.2, 0.25) is 0 Å². The van der Waals surface area contributed by atoms with E-state index in [4.69, 9.17) is 4.74 Å². The number of urea groups is 1. The fraction of sp³-hybridized carbons (Fsp3) is 0.292. The molecular formula is C24H24N6O4S. The van der Waals surface area contributed by atoms with Crippen LogP contribution >= 0.6 is 0 Å². The first-order valence-corrected chi connectivity index (χ1v) is 12.9. The van der Waals surface area contributed by atoms with E-state index in [1.54, 1.807) is 15.4 Å². The van der Waals surface area contributed by atoms with Crippen molar-refractivity contribution in [1.29, 1.82) is 0 Å². The number of aromatic nitrogens is 4. The number of sulfonamides is 1. The summed E-state index contributed by atoms with van der Waals surface area (Å²) in [7, 11) is -4.16. The van der Waals surface area contributed by atoms with Gasteiger partial charge in [-0.3, -0.25) is 4.68 Å². The molecule has 1 aliphatic heterocycles. The quantitative estimate of drug-likeness (QED) is 0.452. The number of carbonyl (C=O) groups is 1. The van der Waals surface area contributed by atoms with Crippen LogP contribution in [0.25, 0.3) is 16.6 Å². The van der Waals surface area contributed by atoms with Crippen molar-refractivity contribution < 1.29 is 17.9 Å². The van der Waals surface area contributed by atoms with Crippen LogP contribution in [0, 0.1) is 6.92 Å². The molecule has 2 amide bonds. The number of hydrogen-bond acceptors (Lipinski definition) is 6. The van der Waals surface area contributed by atoms with E-state index in [9.17, 15) is 13.2 Å². The molecule has 4 heterocycles. The average Bonchev–Trinajstić information content (AvgIpc) is 3.57. The Labute approximate surface area is 202 Å². The third kappa shape index (κ3) is 3.86. The van der Waals surface area contributed by atoms with Crippen molar-refractivity contribution in [3.05, 3.63) is 65.1 Å². The third-order valence-corrected chi connectivity index (χ3v) is 7.77. The molecule has 1 aliphatic carbocycles. The molecule has 35 heavy (non-hydrogen) atoms. The second-order valence-electron chi connectivity index (χ2n) is 8.86. The van der Waals surface area contributed by atoms with Crippen molar-refractivity contribution in [2.24, 2.45) is 0 Å². The van der Waals surface area contributed by atoms with Crippen LogP contribution in [-0.2, 0) is 40.8 Å². The highest BCUT2D eigenvalue weighted by atomic mass is 32.2. The van der Waals surface area contributed by atoms with Gasteiger partial charge in [-0.1, -0.05) is 6.07 Å². The summed E-state index contributed by atoms with van der Waals surface area (Å²) in [4.78, 5) is 13.0. The lowest BCUT2D eigenvalue weighted by Crippen LogP contribution is -2.35. The lowest BCUT2D eigenvalue weighted by molar-refractivity contribution is 0.0799. The van der Waals surface area contributed by atoms with Gasteiger partial charge in [-0.2, -0.15) is 18.6 Å². The number of nitrogens with one attached hydrogen (secondary N) is 2. The highest BCUT2D eigenvalue weighted by Crippen LogP contribution is 2.40. The molecule has 0 saturated heterocycles. The molecule has 0 spiro atoms. The SMILES string of the molecule is Cc1cc2c(c(NC(=O)NS(=O)(=O)c3cc4n(n3)CCOC4)c1-c1ccn3nccc3c1)CCC2. The maximum atomic E-state index is 13.0. The van der Waals surface area contributed by atoms with Crippen LogP contribution in [-0.4, -0.2) is 40.5 Å². The number of fused-ring (bicyclic) bond motifs is 3. The molecule has 0 fully saturated rings. The number of rotatable bonds is 4. The number of hydrogen-bond donors (Lipinski definition) is 2. The van der Waals surface area contributed by atoms with Crippen LogP contribution in [0.1, 0.15) is 28.8 Å². The largest absolute Gasteiger partial charge is 0.373 e. The van der Waals surface area contributed by atoms with Gasteiger partial charge in [0.1, 0.15) is 0 Å². The normalized spacial score (nSPS) is 15.1. The second-order valence-corrected chi connectivity index (χ2v) is 10.5. The fourth-order valence-electron chi connectivity index (χ4n) is 4.99. The van der Waals surface area contributed by atoms with E-state index in [0.717, 1.165) is 47.0 Å². The van der Waals surface area contributed by atoms with Crippen LogP contribution in [0.3, 0.4) is 0 Å². The number of anilines is 1. The predicted molar refractivity (Wildman–Crippen MR) is 129 cm³/mol. The van der Waals surface area contributed by atoms with Crippen LogP contribution in [0.5, 0.6) is 0 Å². The van der Waals surface area contributed by atoms with Crippen molar-refractivity contribution in [3.63, 3.8) is 0 Å². The maximum Gasteiger partial charge on any atom is 0.333 e. The molecule has 3 aromatic heterocycles. The van der Waals surface area contributed by atoms with Crippen molar-refractivity contribution in [2.45, 2.75) is 44.4 Å². The summed E-state index contributed by atoms with van der Waals surface area (Å²) in [5.74, 6) is 0. The maximum absolute atomic E-state index is 13.0. The summed E-state index contributed by atoms with van der Waals surface area (Å²) in [6.07, 6.45) is 6.32. The standard InChI is InChI=1S/C24H24N6O4S/c1-15-11-16-3-2-4-20(16)23(22(15)17-6-8-29-18(12-17)5-7-25-29)26-24(31)28-35(32,33)21-13-19-14-34-10-9-30(19)27-21/h5-8,11-13H,2-4,9-10,14H2,1H3,(H2,26,28,31). The zero-order valence-electron chi connectivity index (χ0n) is 19.1. The van der Waals surface area contributed by atoms with Crippen LogP contribution in [0.2, 0.25) is 0 Å². The van der Waals surface area contributed by atoms with Gasteiger partial charge in [-0.25, -0.2) is 14.0 Å². The average molecular weight is 493 g/mol. The Morgan fingerprint density at radius 1 is 1.17 bits per heavy atom. The highest BCUT2D eigenvalue weighted by Gasteiger charge is 2.27. The molecule has 2 aliphatic rings. The van der Waals surface area contributed by atoms with Gasteiger partial charge in [0.05, 0.1) is 36.7 Å². The van der Waals surface area contributed by atoms with E-state index in [-0.39, 0.29) is 11.6 Å². The van der Waals surface area contributed by atoms with Gasteiger partial charge < -0.3 is 10.1 Å². The van der Waals surface area contributed by atoms with Crippen molar-refractivity contribution in [3.8, 4) is 11.1 Å². The molecule has 10 nitrogen and oxygen atoms in total. The smallest absolute Gasteiger partial charge is 0.333 e. The lowest BCUT2D eigenvalue weighted by atomic mass is 9.93. The fourth-order valence-corrected chi connectivity index (χ4v) is 5.89. The van der Waals surface area contributed by atoms with Crippen LogP contribution < -0.4 is 10.0 Å². The minimum atomic E-state index is -4.16. The van der Waals surface area contributed by atoms with Crippen LogP contribution in [0.4, 0.5) is 10.5 Å². The van der Waals surface area contributed by atoms with E-state index in [1.165, 1.54) is 11.6 Å². The summed E-state index contributed by atoms with van der Waals surface area (Å²) in [6, 6.07) is 8.64. The van der Waals surface area contributed by atoms with E-state index < -0.39 is 16.1 Å². The first-order valence-electron chi connectivity index (χ1n) is 11.5. The van der Waals surface area contributed by atoms with Crippen LogP contribution in [0.15, 0.2) is 47.8 Å². The van der Waals surface area contributed by atoms with Crippen molar-refractivity contribution in [2.75, 3.05) is 11.9 Å². The summed E-state index contributed by atoms with van der Waals surface area (Å²) in [5, 5.41) is 11.1. The molecule has 4 aromatic rings. The summed E-state index contributed by atoms with van der Waals surface area (Å²) in [5.41, 5.74) is 7.25. The molecule has 0 saturated carbocycles. The number of benzene rings is 1. The zero-order chi connectivity index (χ0) is 24.2. The molecule has 0 atom stereocenters. The summed E-state index contributed by atoms with van der Waals surface area (Å²) in [6.45, 7) is 3.23. The molecule has 11 heteroatoms. The molecular weight excluding hydrogens is 468 g/mol. The Morgan fingerprint density at radius 3 is 2.91 bits per heavy atom. The van der Waals surface area contributed by atoms with E-state index >= 15 is 0 Å². The molecule has 0 bridgehead atoms. The number of pyridine rings is 1. The molecule has 0 radical (unpaired) electrons. The number of aryl methyl sites for hydroxylation is 2. The van der Waals surface area contributed by atoms with Gasteiger partial charge in [-0.05, 0) is 66.6 Å². The minimum Gasteiger partial charge on any atom is -0.373 e. The first kappa shape index (κ1) is 21.8. The molecule has 1 aromatic carbocycles.